The monoisotopic (exact) mass is 252 g/mol. The molecule has 0 saturated carbocycles. The maximum atomic E-state index is 5.90. The zero-order valence-electron chi connectivity index (χ0n) is 8.37. The van der Waals surface area contributed by atoms with Gasteiger partial charge in [0.1, 0.15) is 0 Å². The van der Waals surface area contributed by atoms with Crippen LogP contribution >= 0.6 is 23.2 Å². The van der Waals surface area contributed by atoms with Crippen molar-refractivity contribution in [2.24, 2.45) is 0 Å². The molecule has 3 N–H and O–H groups in total. The van der Waals surface area contributed by atoms with E-state index >= 15 is 0 Å². The molecule has 0 fully saturated rings. The number of nitrogens with one attached hydrogen (secondary N) is 1. The van der Waals surface area contributed by atoms with Crippen LogP contribution in [0.4, 0.5) is 17.1 Å². The third kappa shape index (κ3) is 2.60. The number of anilines is 3. The first-order valence-electron chi connectivity index (χ1n) is 4.73. The summed E-state index contributed by atoms with van der Waals surface area (Å²) in [6, 6.07) is 12.8. The van der Waals surface area contributed by atoms with E-state index in [1.807, 2.05) is 24.3 Å². The van der Waals surface area contributed by atoms with Crippen molar-refractivity contribution in [2.75, 3.05) is 11.1 Å². The van der Waals surface area contributed by atoms with Gasteiger partial charge in [-0.2, -0.15) is 0 Å². The predicted molar refractivity (Wildman–Crippen MR) is 70.6 cm³/mol. The van der Waals surface area contributed by atoms with Crippen molar-refractivity contribution >= 4 is 40.3 Å². The van der Waals surface area contributed by atoms with Crippen molar-refractivity contribution in [3.8, 4) is 0 Å². The van der Waals surface area contributed by atoms with E-state index in [4.69, 9.17) is 28.9 Å². The van der Waals surface area contributed by atoms with Crippen molar-refractivity contribution < 1.29 is 0 Å². The van der Waals surface area contributed by atoms with E-state index in [2.05, 4.69) is 5.32 Å². The summed E-state index contributed by atoms with van der Waals surface area (Å²) in [5.74, 6) is 0. The Kier molecular flexibility index (Phi) is 3.22. The smallest absolute Gasteiger partial charge is 0.0617 e. The highest BCUT2D eigenvalue weighted by atomic mass is 35.5. The van der Waals surface area contributed by atoms with Crippen LogP contribution in [0.1, 0.15) is 0 Å². The molecule has 0 aromatic heterocycles. The average Bonchev–Trinajstić information content (AvgIpc) is 2.20. The highest BCUT2D eigenvalue weighted by Crippen LogP contribution is 2.27. The molecule has 0 aliphatic rings. The Balaban J connectivity index is 2.30. The molecule has 4 heteroatoms. The van der Waals surface area contributed by atoms with Crippen molar-refractivity contribution in [1.82, 2.24) is 0 Å². The van der Waals surface area contributed by atoms with Crippen LogP contribution in [0, 0.1) is 0 Å². The van der Waals surface area contributed by atoms with Gasteiger partial charge in [-0.25, -0.2) is 0 Å². The fourth-order valence-corrected chi connectivity index (χ4v) is 1.92. The number of nitrogen functional groups attached to an aromatic ring is 1. The number of rotatable bonds is 2. The number of benzene rings is 2. The molecule has 0 radical (unpaired) electrons. The van der Waals surface area contributed by atoms with Crippen LogP contribution in [-0.2, 0) is 0 Å². The molecule has 0 aliphatic heterocycles. The fourth-order valence-electron chi connectivity index (χ4n) is 1.39. The first kappa shape index (κ1) is 11.1. The van der Waals surface area contributed by atoms with E-state index in [0.29, 0.717) is 15.7 Å². The Morgan fingerprint density at radius 2 is 1.56 bits per heavy atom. The third-order valence-electron chi connectivity index (χ3n) is 2.10. The Morgan fingerprint density at radius 3 is 2.19 bits per heavy atom. The van der Waals surface area contributed by atoms with Gasteiger partial charge in [-0.3, -0.25) is 0 Å². The summed E-state index contributed by atoms with van der Waals surface area (Å²) in [5.41, 5.74) is 8.14. The highest BCUT2D eigenvalue weighted by Gasteiger charge is 2.01. The van der Waals surface area contributed by atoms with Crippen LogP contribution in [0.15, 0.2) is 42.5 Å². The van der Waals surface area contributed by atoms with E-state index in [0.717, 1.165) is 11.4 Å². The zero-order chi connectivity index (χ0) is 11.5. The Bertz CT molecular complexity index is 492. The standard InChI is InChI=1S/C12H10Cl2N2/c13-8-5-9(14)7-10(6-8)16-12-4-2-1-3-11(12)15/h1-7,16H,15H2. The van der Waals surface area contributed by atoms with Crippen molar-refractivity contribution in [3.05, 3.63) is 52.5 Å². The van der Waals surface area contributed by atoms with Crippen LogP contribution in [-0.4, -0.2) is 0 Å². The van der Waals surface area contributed by atoms with Gasteiger partial charge >= 0.3 is 0 Å². The molecule has 0 spiro atoms. The van der Waals surface area contributed by atoms with Crippen LogP contribution in [0.5, 0.6) is 0 Å². The maximum absolute atomic E-state index is 5.90. The molecule has 0 unspecified atom stereocenters. The summed E-state index contributed by atoms with van der Waals surface area (Å²) in [5, 5.41) is 4.33. The summed E-state index contributed by atoms with van der Waals surface area (Å²) >= 11 is 11.8. The van der Waals surface area contributed by atoms with Gasteiger partial charge in [0.2, 0.25) is 0 Å². The van der Waals surface area contributed by atoms with Crippen LogP contribution in [0.2, 0.25) is 10.0 Å². The first-order valence-corrected chi connectivity index (χ1v) is 5.48. The first-order chi connectivity index (χ1) is 7.65. The topological polar surface area (TPSA) is 38.0 Å². The predicted octanol–water partition coefficient (Wildman–Crippen LogP) is 4.32. The van der Waals surface area contributed by atoms with Gasteiger partial charge < -0.3 is 11.1 Å². The second-order valence-corrected chi connectivity index (χ2v) is 4.24. The second kappa shape index (κ2) is 4.64. The van der Waals surface area contributed by atoms with Gasteiger partial charge in [0.25, 0.3) is 0 Å². The summed E-state index contributed by atoms with van der Waals surface area (Å²) in [6.07, 6.45) is 0. The summed E-state index contributed by atoms with van der Waals surface area (Å²) in [4.78, 5) is 0. The Hall–Kier alpha value is -1.38. The summed E-state index contributed by atoms with van der Waals surface area (Å²) < 4.78 is 0. The SMILES string of the molecule is Nc1ccccc1Nc1cc(Cl)cc(Cl)c1. The molecule has 0 amide bonds. The van der Waals surface area contributed by atoms with Crippen molar-refractivity contribution in [3.63, 3.8) is 0 Å². The average molecular weight is 253 g/mol. The fraction of sp³-hybridized carbons (Fsp3) is 0. The van der Waals surface area contributed by atoms with Crippen molar-refractivity contribution in [1.29, 1.82) is 0 Å². The molecule has 2 rings (SSSR count). The Labute approximate surface area is 104 Å². The number of hydrogen-bond donors (Lipinski definition) is 2. The molecule has 0 saturated heterocycles. The number of para-hydroxylation sites is 2. The minimum absolute atomic E-state index is 0.588. The summed E-state index contributed by atoms with van der Waals surface area (Å²) in [7, 11) is 0. The van der Waals surface area contributed by atoms with Crippen molar-refractivity contribution in [2.45, 2.75) is 0 Å². The molecule has 2 aromatic carbocycles. The highest BCUT2D eigenvalue weighted by molar-refractivity contribution is 6.35. The molecule has 0 atom stereocenters. The lowest BCUT2D eigenvalue weighted by atomic mass is 10.2. The lowest BCUT2D eigenvalue weighted by molar-refractivity contribution is 1.55. The quantitative estimate of drug-likeness (QED) is 0.782. The maximum Gasteiger partial charge on any atom is 0.0617 e. The molecule has 82 valence electrons. The van der Waals surface area contributed by atoms with Gasteiger partial charge in [0.05, 0.1) is 11.4 Å². The van der Waals surface area contributed by atoms with E-state index in [-0.39, 0.29) is 0 Å². The molecular weight excluding hydrogens is 243 g/mol. The third-order valence-corrected chi connectivity index (χ3v) is 2.54. The van der Waals surface area contributed by atoms with Gasteiger partial charge in [-0.1, -0.05) is 35.3 Å². The van der Waals surface area contributed by atoms with Crippen LogP contribution < -0.4 is 11.1 Å². The molecule has 2 aromatic rings. The molecule has 0 heterocycles. The van der Waals surface area contributed by atoms with E-state index in [9.17, 15) is 0 Å². The lowest BCUT2D eigenvalue weighted by Gasteiger charge is -2.09. The second-order valence-electron chi connectivity index (χ2n) is 3.37. The number of halogens is 2. The van der Waals surface area contributed by atoms with Crippen LogP contribution in [0.25, 0.3) is 0 Å². The normalized spacial score (nSPS) is 10.1. The molecule has 0 aliphatic carbocycles. The minimum atomic E-state index is 0.588. The Morgan fingerprint density at radius 1 is 0.938 bits per heavy atom. The number of hydrogen-bond acceptors (Lipinski definition) is 2. The lowest BCUT2D eigenvalue weighted by Crippen LogP contribution is -1.95. The minimum Gasteiger partial charge on any atom is -0.397 e. The van der Waals surface area contributed by atoms with E-state index < -0.39 is 0 Å². The molecular formula is C12H10Cl2N2. The largest absolute Gasteiger partial charge is 0.397 e. The van der Waals surface area contributed by atoms with Gasteiger partial charge in [-0.15, -0.1) is 0 Å². The van der Waals surface area contributed by atoms with Crippen LogP contribution in [0.3, 0.4) is 0 Å². The van der Waals surface area contributed by atoms with Gasteiger partial charge in [-0.05, 0) is 30.3 Å². The van der Waals surface area contributed by atoms with E-state index in [1.54, 1.807) is 18.2 Å². The number of nitrogens with two attached hydrogens (primary N) is 1. The molecule has 2 nitrogen and oxygen atoms in total. The van der Waals surface area contributed by atoms with Gasteiger partial charge in [0, 0.05) is 15.7 Å². The zero-order valence-corrected chi connectivity index (χ0v) is 9.89. The van der Waals surface area contributed by atoms with E-state index in [1.165, 1.54) is 0 Å². The summed E-state index contributed by atoms with van der Waals surface area (Å²) in [6.45, 7) is 0. The van der Waals surface area contributed by atoms with Gasteiger partial charge in [0.15, 0.2) is 0 Å². The molecule has 16 heavy (non-hydrogen) atoms. The molecule has 0 bridgehead atoms.